The molecule has 2 fully saturated rings. The SMILES string of the molecule is C[C@@H](NC(=O)N1CC[C@@H](N2CCOCC2)C1)c1cccc(O)c1. The van der Waals surface area contributed by atoms with Gasteiger partial charge in [0.1, 0.15) is 5.75 Å². The Bertz CT molecular complexity index is 546. The number of rotatable bonds is 3. The lowest BCUT2D eigenvalue weighted by atomic mass is 10.1. The summed E-state index contributed by atoms with van der Waals surface area (Å²) >= 11 is 0. The molecular formula is C17H25N3O3. The summed E-state index contributed by atoms with van der Waals surface area (Å²) in [6, 6.07) is 7.30. The van der Waals surface area contributed by atoms with Crippen molar-refractivity contribution >= 4 is 6.03 Å². The largest absolute Gasteiger partial charge is 0.508 e. The van der Waals surface area contributed by atoms with E-state index in [1.165, 1.54) is 0 Å². The predicted molar refractivity (Wildman–Crippen MR) is 87.4 cm³/mol. The maximum absolute atomic E-state index is 12.5. The van der Waals surface area contributed by atoms with Gasteiger partial charge in [0.2, 0.25) is 0 Å². The normalized spacial score (nSPS) is 23.7. The number of carbonyl (C=O) groups excluding carboxylic acids is 1. The molecule has 0 bridgehead atoms. The zero-order chi connectivity index (χ0) is 16.2. The minimum absolute atomic E-state index is 0.0309. The Kier molecular flexibility index (Phi) is 5.03. The maximum atomic E-state index is 12.5. The second-order valence-electron chi connectivity index (χ2n) is 6.30. The van der Waals surface area contributed by atoms with E-state index in [0.717, 1.165) is 51.4 Å². The minimum Gasteiger partial charge on any atom is -0.508 e. The number of ether oxygens (including phenoxy) is 1. The Morgan fingerprint density at radius 2 is 2.13 bits per heavy atom. The number of likely N-dealkylation sites (tertiary alicyclic amines) is 1. The third kappa shape index (κ3) is 3.95. The van der Waals surface area contributed by atoms with Gasteiger partial charge in [0.15, 0.2) is 0 Å². The molecule has 6 heteroatoms. The molecule has 0 radical (unpaired) electrons. The number of phenolic OH excluding ortho intramolecular Hbond substituents is 1. The van der Waals surface area contributed by atoms with Crippen molar-refractivity contribution in [3.63, 3.8) is 0 Å². The van der Waals surface area contributed by atoms with Crippen LogP contribution in [-0.2, 0) is 4.74 Å². The topological polar surface area (TPSA) is 65.0 Å². The highest BCUT2D eigenvalue weighted by Crippen LogP contribution is 2.20. The average molecular weight is 319 g/mol. The standard InChI is InChI=1S/C17H25N3O3/c1-13(14-3-2-4-16(21)11-14)18-17(22)20-6-5-15(12-20)19-7-9-23-10-8-19/h2-4,11,13,15,21H,5-10,12H2,1H3,(H,18,22)/t13-,15-/m1/s1. The monoisotopic (exact) mass is 319 g/mol. The number of hydrogen-bond acceptors (Lipinski definition) is 4. The van der Waals surface area contributed by atoms with Crippen LogP contribution in [0.5, 0.6) is 5.75 Å². The van der Waals surface area contributed by atoms with Crippen LogP contribution in [0.2, 0.25) is 0 Å². The fourth-order valence-corrected chi connectivity index (χ4v) is 3.32. The molecule has 0 spiro atoms. The van der Waals surface area contributed by atoms with Crippen LogP contribution in [0.1, 0.15) is 24.9 Å². The molecule has 2 heterocycles. The van der Waals surface area contributed by atoms with Crippen molar-refractivity contribution in [1.82, 2.24) is 15.1 Å². The van der Waals surface area contributed by atoms with Crippen LogP contribution in [0.25, 0.3) is 0 Å². The summed E-state index contributed by atoms with van der Waals surface area (Å²) in [6.45, 7) is 7.00. The highest BCUT2D eigenvalue weighted by atomic mass is 16.5. The van der Waals surface area contributed by atoms with Gasteiger partial charge in [-0.1, -0.05) is 12.1 Å². The van der Waals surface area contributed by atoms with Crippen LogP contribution in [0.3, 0.4) is 0 Å². The molecule has 23 heavy (non-hydrogen) atoms. The number of nitrogens with zero attached hydrogens (tertiary/aromatic N) is 2. The van der Waals surface area contributed by atoms with Gasteiger partial charge in [-0.3, -0.25) is 4.90 Å². The Morgan fingerprint density at radius 3 is 2.87 bits per heavy atom. The molecule has 0 unspecified atom stereocenters. The number of nitrogens with one attached hydrogen (secondary N) is 1. The van der Waals surface area contributed by atoms with Gasteiger partial charge >= 0.3 is 6.03 Å². The van der Waals surface area contributed by atoms with Crippen molar-refractivity contribution in [2.45, 2.75) is 25.4 Å². The molecule has 126 valence electrons. The molecule has 2 N–H and O–H groups in total. The van der Waals surface area contributed by atoms with Crippen LogP contribution < -0.4 is 5.32 Å². The first kappa shape index (κ1) is 16.1. The Balaban J connectivity index is 1.52. The molecule has 0 saturated carbocycles. The molecule has 3 rings (SSSR count). The smallest absolute Gasteiger partial charge is 0.317 e. The number of aromatic hydroxyl groups is 1. The number of urea groups is 1. The number of benzene rings is 1. The zero-order valence-electron chi connectivity index (χ0n) is 13.6. The molecule has 6 nitrogen and oxygen atoms in total. The van der Waals surface area contributed by atoms with E-state index in [0.29, 0.717) is 6.04 Å². The van der Waals surface area contributed by atoms with Crippen molar-refractivity contribution in [3.05, 3.63) is 29.8 Å². The van der Waals surface area contributed by atoms with Gasteiger partial charge in [-0.25, -0.2) is 4.79 Å². The zero-order valence-corrected chi connectivity index (χ0v) is 13.6. The summed E-state index contributed by atoms with van der Waals surface area (Å²) in [5.74, 6) is 0.220. The van der Waals surface area contributed by atoms with Gasteiger partial charge in [0.05, 0.1) is 19.3 Å². The first-order valence-electron chi connectivity index (χ1n) is 8.29. The van der Waals surface area contributed by atoms with Gasteiger partial charge in [0, 0.05) is 32.2 Å². The Labute approximate surface area is 137 Å². The predicted octanol–water partition coefficient (Wildman–Crippen LogP) is 1.57. The third-order valence-electron chi connectivity index (χ3n) is 4.72. The van der Waals surface area contributed by atoms with Crippen LogP contribution in [0.15, 0.2) is 24.3 Å². The van der Waals surface area contributed by atoms with Crippen LogP contribution in [-0.4, -0.2) is 66.4 Å². The van der Waals surface area contributed by atoms with E-state index < -0.39 is 0 Å². The highest BCUT2D eigenvalue weighted by Gasteiger charge is 2.31. The van der Waals surface area contributed by atoms with E-state index in [9.17, 15) is 9.90 Å². The lowest BCUT2D eigenvalue weighted by Gasteiger charge is -2.32. The first-order valence-corrected chi connectivity index (χ1v) is 8.29. The fraction of sp³-hybridized carbons (Fsp3) is 0.588. The van der Waals surface area contributed by atoms with Crippen molar-refractivity contribution in [2.75, 3.05) is 39.4 Å². The first-order chi connectivity index (χ1) is 11.1. The summed E-state index contributed by atoms with van der Waals surface area (Å²) in [4.78, 5) is 16.8. The third-order valence-corrected chi connectivity index (χ3v) is 4.72. The van der Waals surface area contributed by atoms with Crippen LogP contribution in [0, 0.1) is 0 Å². The molecule has 2 saturated heterocycles. The van der Waals surface area contributed by atoms with E-state index in [1.807, 2.05) is 17.9 Å². The molecular weight excluding hydrogens is 294 g/mol. The molecule has 1 aromatic carbocycles. The summed E-state index contributed by atoms with van der Waals surface area (Å²) < 4.78 is 5.39. The molecule has 2 aliphatic rings. The summed E-state index contributed by atoms with van der Waals surface area (Å²) in [6.07, 6.45) is 1.02. The Morgan fingerprint density at radius 1 is 1.35 bits per heavy atom. The number of amides is 2. The molecule has 2 amide bonds. The summed E-state index contributed by atoms with van der Waals surface area (Å²) in [7, 11) is 0. The molecule has 1 aromatic rings. The fourth-order valence-electron chi connectivity index (χ4n) is 3.32. The van der Waals surface area contributed by atoms with E-state index in [2.05, 4.69) is 10.2 Å². The summed E-state index contributed by atoms with van der Waals surface area (Å²) in [5, 5.41) is 12.6. The van der Waals surface area contributed by atoms with Crippen molar-refractivity contribution in [3.8, 4) is 5.75 Å². The van der Waals surface area contributed by atoms with E-state index >= 15 is 0 Å². The van der Waals surface area contributed by atoms with Crippen molar-refractivity contribution < 1.29 is 14.6 Å². The van der Waals surface area contributed by atoms with E-state index in [-0.39, 0.29) is 17.8 Å². The number of phenols is 1. The van der Waals surface area contributed by atoms with E-state index in [4.69, 9.17) is 4.74 Å². The number of carbonyl (C=O) groups is 1. The molecule has 2 atom stereocenters. The quantitative estimate of drug-likeness (QED) is 0.887. The van der Waals surface area contributed by atoms with Gasteiger partial charge in [-0.15, -0.1) is 0 Å². The molecule has 2 aliphatic heterocycles. The second kappa shape index (κ2) is 7.19. The second-order valence-corrected chi connectivity index (χ2v) is 6.30. The number of morpholine rings is 1. The Hall–Kier alpha value is -1.79. The van der Waals surface area contributed by atoms with Gasteiger partial charge < -0.3 is 20.1 Å². The lowest BCUT2D eigenvalue weighted by molar-refractivity contribution is 0.0191. The van der Waals surface area contributed by atoms with Gasteiger partial charge in [-0.2, -0.15) is 0 Å². The van der Waals surface area contributed by atoms with Gasteiger partial charge in [-0.05, 0) is 31.0 Å². The van der Waals surface area contributed by atoms with Crippen LogP contribution >= 0.6 is 0 Å². The van der Waals surface area contributed by atoms with Crippen molar-refractivity contribution in [1.29, 1.82) is 0 Å². The van der Waals surface area contributed by atoms with Gasteiger partial charge in [0.25, 0.3) is 0 Å². The highest BCUT2D eigenvalue weighted by molar-refractivity contribution is 5.75. The minimum atomic E-state index is -0.128. The maximum Gasteiger partial charge on any atom is 0.317 e. The lowest BCUT2D eigenvalue weighted by Crippen LogP contribution is -2.46. The van der Waals surface area contributed by atoms with Crippen molar-refractivity contribution in [2.24, 2.45) is 0 Å². The number of hydrogen-bond donors (Lipinski definition) is 2. The summed E-state index contributed by atoms with van der Waals surface area (Å²) in [5.41, 5.74) is 0.905. The average Bonchev–Trinajstić information content (AvgIpc) is 3.06. The molecule has 0 aromatic heterocycles. The molecule has 0 aliphatic carbocycles. The van der Waals surface area contributed by atoms with Crippen LogP contribution in [0.4, 0.5) is 4.79 Å². The van der Waals surface area contributed by atoms with E-state index in [1.54, 1.807) is 18.2 Å².